The van der Waals surface area contributed by atoms with E-state index in [1.54, 1.807) is 6.92 Å². The summed E-state index contributed by atoms with van der Waals surface area (Å²) in [5.41, 5.74) is 0. The van der Waals surface area contributed by atoms with E-state index in [0.29, 0.717) is 13.0 Å². The van der Waals surface area contributed by atoms with Crippen molar-refractivity contribution < 1.29 is 19.7 Å². The van der Waals surface area contributed by atoms with Gasteiger partial charge in [-0.3, -0.25) is 0 Å². The molecule has 14 heavy (non-hydrogen) atoms. The molecule has 1 aliphatic rings. The molecule has 0 amide bonds. The van der Waals surface area contributed by atoms with E-state index < -0.39 is 0 Å². The van der Waals surface area contributed by atoms with Crippen molar-refractivity contribution in [3.8, 4) is 0 Å². The maximum absolute atomic E-state index is 9.26. The van der Waals surface area contributed by atoms with Crippen LogP contribution in [0.4, 0.5) is 0 Å². The summed E-state index contributed by atoms with van der Waals surface area (Å²) >= 11 is 0. The van der Waals surface area contributed by atoms with Gasteiger partial charge in [-0.2, -0.15) is 0 Å². The van der Waals surface area contributed by atoms with Gasteiger partial charge in [0.15, 0.2) is 6.29 Å². The maximum Gasteiger partial charge on any atom is 0.158 e. The highest BCUT2D eigenvalue weighted by Gasteiger charge is 2.35. The van der Waals surface area contributed by atoms with E-state index in [-0.39, 0.29) is 31.0 Å². The molecule has 2 N–H and O–H groups in total. The van der Waals surface area contributed by atoms with Gasteiger partial charge >= 0.3 is 0 Å². The molecule has 1 fully saturated rings. The lowest BCUT2D eigenvalue weighted by atomic mass is 9.95. The van der Waals surface area contributed by atoms with E-state index in [1.165, 1.54) is 0 Å². The van der Waals surface area contributed by atoms with Gasteiger partial charge in [0.05, 0.1) is 18.8 Å². The van der Waals surface area contributed by atoms with Crippen LogP contribution < -0.4 is 0 Å². The smallest absolute Gasteiger partial charge is 0.158 e. The van der Waals surface area contributed by atoms with Crippen molar-refractivity contribution >= 4 is 0 Å². The van der Waals surface area contributed by atoms with E-state index in [4.69, 9.17) is 14.6 Å². The summed E-state index contributed by atoms with van der Waals surface area (Å²) in [5.74, 6) is 0.205. The fraction of sp³-hybridized carbons (Fsp3) is 1.00. The Hall–Kier alpha value is -0.160. The quantitative estimate of drug-likeness (QED) is 0.685. The summed E-state index contributed by atoms with van der Waals surface area (Å²) in [7, 11) is 0. The molecule has 84 valence electrons. The van der Waals surface area contributed by atoms with Crippen molar-refractivity contribution in [2.24, 2.45) is 5.92 Å². The summed E-state index contributed by atoms with van der Waals surface area (Å²) in [4.78, 5) is 0. The minimum absolute atomic E-state index is 0.000953. The van der Waals surface area contributed by atoms with Crippen LogP contribution in [-0.4, -0.2) is 41.9 Å². The number of ether oxygens (including phenoxy) is 2. The lowest BCUT2D eigenvalue weighted by molar-refractivity contribution is -0.138. The Morgan fingerprint density at radius 1 is 1.57 bits per heavy atom. The minimum Gasteiger partial charge on any atom is -0.394 e. The third-order valence-corrected chi connectivity index (χ3v) is 2.52. The molecule has 4 heteroatoms. The van der Waals surface area contributed by atoms with Gasteiger partial charge in [-0.25, -0.2) is 0 Å². The van der Waals surface area contributed by atoms with E-state index in [0.717, 1.165) is 6.42 Å². The Balaban J connectivity index is 2.41. The first kappa shape index (κ1) is 11.9. The van der Waals surface area contributed by atoms with Crippen molar-refractivity contribution in [1.29, 1.82) is 0 Å². The van der Waals surface area contributed by atoms with E-state index in [9.17, 15) is 5.11 Å². The van der Waals surface area contributed by atoms with Crippen LogP contribution >= 0.6 is 0 Å². The average molecular weight is 204 g/mol. The molecule has 1 heterocycles. The Kier molecular flexibility index (Phi) is 4.81. The predicted molar refractivity (Wildman–Crippen MR) is 51.8 cm³/mol. The van der Waals surface area contributed by atoms with Gasteiger partial charge in [0.1, 0.15) is 0 Å². The minimum atomic E-state index is -0.349. The highest BCUT2D eigenvalue weighted by molar-refractivity contribution is 4.79. The molecule has 1 aliphatic heterocycles. The van der Waals surface area contributed by atoms with Crippen LogP contribution in [0.1, 0.15) is 26.7 Å². The first-order valence-electron chi connectivity index (χ1n) is 5.23. The number of aliphatic hydroxyl groups excluding tert-OH is 2. The molecule has 4 atom stereocenters. The molecule has 0 aromatic carbocycles. The summed E-state index contributed by atoms with van der Waals surface area (Å²) in [5, 5.41) is 18.3. The molecule has 1 saturated heterocycles. The highest BCUT2D eigenvalue weighted by Crippen LogP contribution is 2.30. The van der Waals surface area contributed by atoms with Gasteiger partial charge < -0.3 is 19.7 Å². The predicted octanol–water partition coefficient (Wildman–Crippen LogP) is 0.517. The zero-order valence-electron chi connectivity index (χ0n) is 8.85. The molecule has 0 bridgehead atoms. The van der Waals surface area contributed by atoms with Crippen LogP contribution in [0.5, 0.6) is 0 Å². The summed E-state index contributed by atoms with van der Waals surface area (Å²) in [6, 6.07) is 0. The Labute approximate surface area is 84.8 Å². The fourth-order valence-electron chi connectivity index (χ4n) is 1.93. The maximum atomic E-state index is 9.26. The molecule has 0 radical (unpaired) electrons. The molecular weight excluding hydrogens is 184 g/mol. The van der Waals surface area contributed by atoms with E-state index in [1.807, 2.05) is 6.92 Å². The van der Waals surface area contributed by atoms with Gasteiger partial charge in [0, 0.05) is 13.0 Å². The van der Waals surface area contributed by atoms with Crippen LogP contribution in [0.2, 0.25) is 0 Å². The Bertz CT molecular complexity index is 160. The number of aliphatic hydroxyl groups is 2. The zero-order chi connectivity index (χ0) is 10.6. The molecule has 0 unspecified atom stereocenters. The number of rotatable bonds is 5. The van der Waals surface area contributed by atoms with Crippen LogP contribution in [-0.2, 0) is 9.47 Å². The second-order valence-electron chi connectivity index (χ2n) is 3.82. The lowest BCUT2D eigenvalue weighted by Gasteiger charge is -2.16. The average Bonchev–Trinajstić information content (AvgIpc) is 2.47. The highest BCUT2D eigenvalue weighted by atomic mass is 16.7. The molecular formula is C10H20O4. The van der Waals surface area contributed by atoms with Crippen LogP contribution in [0.15, 0.2) is 0 Å². The topological polar surface area (TPSA) is 58.9 Å². The molecule has 0 aliphatic carbocycles. The van der Waals surface area contributed by atoms with Gasteiger partial charge in [-0.15, -0.1) is 0 Å². The number of hydrogen-bond acceptors (Lipinski definition) is 4. The number of hydrogen-bond donors (Lipinski definition) is 2. The SMILES string of the molecule is CCO[C@H]1C[C@H](C[C@@H](C)O)[C@@H](CO)O1. The zero-order valence-corrected chi connectivity index (χ0v) is 8.85. The standard InChI is InChI=1S/C10H20O4/c1-3-13-10-5-8(4-7(2)12)9(6-11)14-10/h7-12H,3-6H2,1-2H3/t7-,8+,9-,10-/m1/s1. The summed E-state index contributed by atoms with van der Waals surface area (Å²) < 4.78 is 10.8. The van der Waals surface area contributed by atoms with Gasteiger partial charge in [-0.05, 0) is 26.2 Å². The Morgan fingerprint density at radius 2 is 2.29 bits per heavy atom. The molecule has 0 spiro atoms. The van der Waals surface area contributed by atoms with Crippen LogP contribution in [0.25, 0.3) is 0 Å². The summed E-state index contributed by atoms with van der Waals surface area (Å²) in [6.07, 6.45) is 0.693. The molecule has 4 nitrogen and oxygen atoms in total. The third-order valence-electron chi connectivity index (χ3n) is 2.52. The van der Waals surface area contributed by atoms with Gasteiger partial charge in [0.25, 0.3) is 0 Å². The Morgan fingerprint density at radius 3 is 2.79 bits per heavy atom. The monoisotopic (exact) mass is 204 g/mol. The third kappa shape index (κ3) is 3.20. The molecule has 1 rings (SSSR count). The van der Waals surface area contributed by atoms with Crippen molar-refractivity contribution in [3.05, 3.63) is 0 Å². The molecule has 0 aromatic heterocycles. The van der Waals surface area contributed by atoms with Crippen LogP contribution in [0.3, 0.4) is 0 Å². The van der Waals surface area contributed by atoms with Crippen molar-refractivity contribution in [2.45, 2.75) is 45.2 Å². The first-order valence-corrected chi connectivity index (χ1v) is 5.23. The fourth-order valence-corrected chi connectivity index (χ4v) is 1.93. The van der Waals surface area contributed by atoms with Crippen molar-refractivity contribution in [1.82, 2.24) is 0 Å². The van der Waals surface area contributed by atoms with Crippen LogP contribution in [0, 0.1) is 5.92 Å². The van der Waals surface area contributed by atoms with Gasteiger partial charge in [0.2, 0.25) is 0 Å². The largest absolute Gasteiger partial charge is 0.394 e. The van der Waals surface area contributed by atoms with Crippen molar-refractivity contribution in [3.63, 3.8) is 0 Å². The van der Waals surface area contributed by atoms with E-state index >= 15 is 0 Å². The lowest BCUT2D eigenvalue weighted by Crippen LogP contribution is -2.23. The van der Waals surface area contributed by atoms with E-state index in [2.05, 4.69) is 0 Å². The second-order valence-corrected chi connectivity index (χ2v) is 3.82. The summed E-state index contributed by atoms with van der Waals surface area (Å²) in [6.45, 7) is 4.28. The molecule has 0 aromatic rings. The normalized spacial score (nSPS) is 34.7. The second kappa shape index (κ2) is 5.66. The first-order chi connectivity index (χ1) is 6.67. The van der Waals surface area contributed by atoms with Gasteiger partial charge in [-0.1, -0.05) is 0 Å². The van der Waals surface area contributed by atoms with Crippen molar-refractivity contribution in [2.75, 3.05) is 13.2 Å². The molecule has 0 saturated carbocycles.